The van der Waals surface area contributed by atoms with E-state index in [9.17, 15) is 14.0 Å². The van der Waals surface area contributed by atoms with Crippen molar-refractivity contribution in [2.45, 2.75) is 12.8 Å². The summed E-state index contributed by atoms with van der Waals surface area (Å²) in [5, 5.41) is 2.62. The molecule has 1 aromatic carbocycles. The zero-order valence-corrected chi connectivity index (χ0v) is 14.1. The highest BCUT2D eigenvalue weighted by atomic mass is 35.5. The van der Waals surface area contributed by atoms with Crippen LogP contribution in [0, 0.1) is 5.82 Å². The Morgan fingerprint density at radius 1 is 1.22 bits per heavy atom. The number of aryl methyl sites for hydroxylation is 1. The summed E-state index contributed by atoms with van der Waals surface area (Å²) in [6, 6.07) is 9.14. The molecule has 2 aromatic rings. The number of nitrogens with one attached hydrogen (secondary N) is 1. The van der Waals surface area contributed by atoms with Crippen molar-refractivity contribution >= 4 is 40.4 Å². The number of halogens is 2. The number of carbonyl (C=O) groups excluding carboxylic acids is 2. The first-order valence-corrected chi connectivity index (χ1v) is 8.17. The van der Waals surface area contributed by atoms with Crippen LogP contribution >= 0.6 is 22.9 Å². The van der Waals surface area contributed by atoms with Gasteiger partial charge in [0.05, 0.1) is 10.9 Å². The van der Waals surface area contributed by atoms with Gasteiger partial charge in [-0.3, -0.25) is 9.59 Å². The standard InChI is InChI=1S/C16H16ClFN2O2S/c1-20(16(22)9-7-13-6-8-14(17)23-13)10-15(21)19-12-4-2-11(18)3-5-12/h2-6,8H,7,9-10H2,1H3,(H,19,21). The number of amides is 2. The van der Waals surface area contributed by atoms with Crippen molar-refractivity contribution in [1.82, 2.24) is 4.90 Å². The number of thiophene rings is 1. The van der Waals surface area contributed by atoms with Gasteiger partial charge in [-0.05, 0) is 42.8 Å². The maximum atomic E-state index is 12.8. The fraction of sp³-hybridized carbons (Fsp3) is 0.250. The van der Waals surface area contributed by atoms with Crippen LogP contribution in [0.15, 0.2) is 36.4 Å². The Bertz CT molecular complexity index is 688. The van der Waals surface area contributed by atoms with Crippen LogP contribution in [-0.2, 0) is 16.0 Å². The molecule has 1 N–H and O–H groups in total. The van der Waals surface area contributed by atoms with Crippen molar-refractivity contribution in [3.63, 3.8) is 0 Å². The molecule has 0 fully saturated rings. The molecule has 122 valence electrons. The van der Waals surface area contributed by atoms with Crippen LogP contribution in [0.3, 0.4) is 0 Å². The number of benzene rings is 1. The summed E-state index contributed by atoms with van der Waals surface area (Å²) in [6.07, 6.45) is 0.914. The lowest BCUT2D eigenvalue weighted by Gasteiger charge is -2.16. The van der Waals surface area contributed by atoms with Crippen molar-refractivity contribution in [2.75, 3.05) is 18.9 Å². The molecule has 2 rings (SSSR count). The molecule has 0 radical (unpaired) electrons. The average Bonchev–Trinajstić information content (AvgIpc) is 2.92. The minimum absolute atomic E-state index is 0.0542. The van der Waals surface area contributed by atoms with Crippen LogP contribution in [0.4, 0.5) is 10.1 Å². The second-order valence-corrected chi connectivity index (χ2v) is 6.81. The number of carbonyl (C=O) groups is 2. The number of anilines is 1. The molecule has 1 heterocycles. The van der Waals surface area contributed by atoms with Gasteiger partial charge in [-0.1, -0.05) is 11.6 Å². The van der Waals surface area contributed by atoms with Crippen molar-refractivity contribution in [2.24, 2.45) is 0 Å². The first-order chi connectivity index (χ1) is 10.9. The Labute approximate surface area is 142 Å². The van der Waals surface area contributed by atoms with E-state index in [1.54, 1.807) is 13.1 Å². The van der Waals surface area contributed by atoms with E-state index in [0.717, 1.165) is 4.88 Å². The lowest BCUT2D eigenvalue weighted by Crippen LogP contribution is -2.35. The molecule has 7 heteroatoms. The van der Waals surface area contributed by atoms with Gasteiger partial charge in [0.25, 0.3) is 0 Å². The van der Waals surface area contributed by atoms with Crippen LogP contribution in [0.25, 0.3) is 0 Å². The monoisotopic (exact) mass is 354 g/mol. The van der Waals surface area contributed by atoms with E-state index < -0.39 is 0 Å². The van der Waals surface area contributed by atoms with Crippen LogP contribution < -0.4 is 5.32 Å². The molecule has 23 heavy (non-hydrogen) atoms. The van der Waals surface area contributed by atoms with Crippen molar-refractivity contribution < 1.29 is 14.0 Å². The molecule has 0 aliphatic heterocycles. The third kappa shape index (κ3) is 5.65. The van der Waals surface area contributed by atoms with Crippen molar-refractivity contribution in [3.05, 3.63) is 51.4 Å². The molecule has 1 aromatic heterocycles. The maximum absolute atomic E-state index is 12.8. The van der Waals surface area contributed by atoms with Gasteiger partial charge in [-0.25, -0.2) is 4.39 Å². The quantitative estimate of drug-likeness (QED) is 0.862. The number of likely N-dealkylation sites (N-methyl/N-ethyl adjacent to an activating group) is 1. The van der Waals surface area contributed by atoms with Crippen LogP contribution in [0.5, 0.6) is 0 Å². The highest BCUT2D eigenvalue weighted by Crippen LogP contribution is 2.22. The summed E-state index contributed by atoms with van der Waals surface area (Å²) in [4.78, 5) is 26.3. The first-order valence-electron chi connectivity index (χ1n) is 6.97. The van der Waals surface area contributed by atoms with Gasteiger partial charge < -0.3 is 10.2 Å². The third-order valence-electron chi connectivity index (χ3n) is 3.15. The molecule has 4 nitrogen and oxygen atoms in total. The number of hydrogen-bond acceptors (Lipinski definition) is 3. The summed E-state index contributed by atoms with van der Waals surface area (Å²) in [5.74, 6) is -0.820. The summed E-state index contributed by atoms with van der Waals surface area (Å²) in [6.45, 7) is -0.0542. The molecule has 0 aliphatic rings. The summed E-state index contributed by atoms with van der Waals surface area (Å²) in [7, 11) is 1.58. The van der Waals surface area contributed by atoms with Crippen LogP contribution in [-0.4, -0.2) is 30.3 Å². The Balaban J connectivity index is 1.78. The van der Waals surface area contributed by atoms with E-state index in [1.165, 1.54) is 40.5 Å². The van der Waals surface area contributed by atoms with Crippen molar-refractivity contribution in [3.8, 4) is 0 Å². The predicted octanol–water partition coefficient (Wildman–Crippen LogP) is 3.57. The lowest BCUT2D eigenvalue weighted by atomic mass is 10.2. The van der Waals surface area contributed by atoms with E-state index in [0.29, 0.717) is 22.9 Å². The average molecular weight is 355 g/mol. The number of rotatable bonds is 6. The van der Waals surface area contributed by atoms with E-state index in [4.69, 9.17) is 11.6 Å². The predicted molar refractivity (Wildman–Crippen MR) is 90.3 cm³/mol. The molecule has 0 saturated heterocycles. The second-order valence-electron chi connectivity index (χ2n) is 5.01. The smallest absolute Gasteiger partial charge is 0.243 e. The molecule has 0 spiro atoms. The molecule has 0 aliphatic carbocycles. The Hall–Kier alpha value is -1.92. The molecular formula is C16H16ClFN2O2S. The SMILES string of the molecule is CN(CC(=O)Nc1ccc(F)cc1)C(=O)CCc1ccc(Cl)s1. The van der Waals surface area contributed by atoms with Crippen LogP contribution in [0.1, 0.15) is 11.3 Å². The topological polar surface area (TPSA) is 49.4 Å². The summed E-state index contributed by atoms with van der Waals surface area (Å²) < 4.78 is 13.5. The minimum atomic E-state index is -0.371. The maximum Gasteiger partial charge on any atom is 0.243 e. The molecule has 0 bridgehead atoms. The van der Waals surface area contributed by atoms with Gasteiger partial charge in [0.1, 0.15) is 5.82 Å². The van der Waals surface area contributed by atoms with Gasteiger partial charge in [0.2, 0.25) is 11.8 Å². The minimum Gasteiger partial charge on any atom is -0.336 e. The number of nitrogens with zero attached hydrogens (tertiary/aromatic N) is 1. The fourth-order valence-electron chi connectivity index (χ4n) is 1.94. The molecule has 0 atom stereocenters. The van der Waals surface area contributed by atoms with Gasteiger partial charge in [0.15, 0.2) is 0 Å². The highest BCUT2D eigenvalue weighted by molar-refractivity contribution is 7.16. The van der Waals surface area contributed by atoms with Gasteiger partial charge >= 0.3 is 0 Å². The van der Waals surface area contributed by atoms with Gasteiger partial charge in [-0.2, -0.15) is 0 Å². The molecule has 0 unspecified atom stereocenters. The second kappa shape index (κ2) is 8.08. The molecule has 0 saturated carbocycles. The summed E-state index contributed by atoms with van der Waals surface area (Å²) >= 11 is 7.28. The Kier molecular flexibility index (Phi) is 6.12. The molecular weight excluding hydrogens is 339 g/mol. The first kappa shape index (κ1) is 17.4. The number of hydrogen-bond donors (Lipinski definition) is 1. The Morgan fingerprint density at radius 3 is 2.52 bits per heavy atom. The van der Waals surface area contributed by atoms with Gasteiger partial charge in [0, 0.05) is 24.0 Å². The lowest BCUT2D eigenvalue weighted by molar-refractivity contribution is -0.133. The van der Waals surface area contributed by atoms with Crippen molar-refractivity contribution in [1.29, 1.82) is 0 Å². The van der Waals surface area contributed by atoms with Crippen LogP contribution in [0.2, 0.25) is 4.34 Å². The van der Waals surface area contributed by atoms with E-state index in [2.05, 4.69) is 5.32 Å². The zero-order chi connectivity index (χ0) is 16.8. The summed E-state index contributed by atoms with van der Waals surface area (Å²) in [5.41, 5.74) is 0.491. The Morgan fingerprint density at radius 2 is 1.91 bits per heavy atom. The van der Waals surface area contributed by atoms with E-state index in [1.807, 2.05) is 6.07 Å². The third-order valence-corrected chi connectivity index (χ3v) is 4.44. The van der Waals surface area contributed by atoms with E-state index in [-0.39, 0.29) is 24.2 Å². The van der Waals surface area contributed by atoms with E-state index >= 15 is 0 Å². The van der Waals surface area contributed by atoms with Gasteiger partial charge in [-0.15, -0.1) is 11.3 Å². The zero-order valence-electron chi connectivity index (χ0n) is 12.5. The highest BCUT2D eigenvalue weighted by Gasteiger charge is 2.13. The fourth-order valence-corrected chi connectivity index (χ4v) is 3.03. The largest absolute Gasteiger partial charge is 0.336 e. The molecule has 2 amide bonds. The normalized spacial score (nSPS) is 10.4.